The second-order valence-corrected chi connectivity index (χ2v) is 21.1. The van der Waals surface area contributed by atoms with E-state index in [1.807, 2.05) is 24.3 Å². The van der Waals surface area contributed by atoms with Crippen LogP contribution in [0.15, 0.2) is 255 Å². The summed E-state index contributed by atoms with van der Waals surface area (Å²) >= 11 is 0. The van der Waals surface area contributed by atoms with E-state index in [2.05, 4.69) is 206 Å². The zero-order chi connectivity index (χ0) is 51.3. The minimum atomic E-state index is -0.260. The second-order valence-electron chi connectivity index (χ2n) is 21.1. The molecule has 0 aromatic heterocycles. The smallest absolute Gasteiger partial charge is 0.123 e. The standard InChI is InChI=1S/C76H42F2/c77-49-33-29-47(30-34-49)65-53-27-15-13-25-51(53)63(45-21-9-3-10-22-45)72-57-39-37-55-67-56(38-40-58(68(57)67)73(65)72)70-60(44-19-7-2-8-20-44)42-62-71-61(41-59(69(55)76(70)71)43-17-5-1-6-18-43)74-64(46-23-11-4-12-24-46)52-26-14-16-28-54(52)66(75(62)74)48-31-35-50(78)36-32-48/h1-42H. The Bertz CT molecular complexity index is 5000. The molecule has 15 aromatic carbocycles. The highest BCUT2D eigenvalue weighted by atomic mass is 19.1. The molecule has 17 rings (SSSR count). The fourth-order valence-corrected chi connectivity index (χ4v) is 14.2. The molecule has 0 N–H and O–H groups in total. The third kappa shape index (κ3) is 5.86. The van der Waals surface area contributed by atoms with Crippen LogP contribution in [0.1, 0.15) is 0 Å². The minimum absolute atomic E-state index is 0.256. The van der Waals surface area contributed by atoms with E-state index in [0.717, 1.165) is 77.2 Å². The first-order chi connectivity index (χ1) is 38.6. The van der Waals surface area contributed by atoms with Crippen molar-refractivity contribution >= 4 is 64.6 Å². The lowest BCUT2D eigenvalue weighted by atomic mass is 9.80. The van der Waals surface area contributed by atoms with Crippen molar-refractivity contribution in [3.05, 3.63) is 266 Å². The summed E-state index contributed by atoms with van der Waals surface area (Å²) in [6.07, 6.45) is 0. The molecule has 0 atom stereocenters. The van der Waals surface area contributed by atoms with Gasteiger partial charge in [-0.25, -0.2) is 8.78 Å². The Morgan fingerprint density at radius 1 is 0.167 bits per heavy atom. The van der Waals surface area contributed by atoms with Crippen LogP contribution in [0.4, 0.5) is 8.78 Å². The molecule has 0 unspecified atom stereocenters. The Labute approximate surface area is 448 Å². The van der Waals surface area contributed by atoms with E-state index in [1.165, 1.54) is 98.7 Å². The van der Waals surface area contributed by atoms with Gasteiger partial charge < -0.3 is 0 Å². The Morgan fingerprint density at radius 2 is 0.462 bits per heavy atom. The van der Waals surface area contributed by atoms with Crippen LogP contribution in [-0.2, 0) is 0 Å². The molecule has 2 heteroatoms. The highest BCUT2D eigenvalue weighted by Crippen LogP contribution is 2.65. The molecule has 15 aromatic rings. The van der Waals surface area contributed by atoms with Gasteiger partial charge in [0.2, 0.25) is 0 Å². The molecule has 360 valence electrons. The van der Waals surface area contributed by atoms with Crippen LogP contribution in [0, 0.1) is 11.6 Å². The van der Waals surface area contributed by atoms with Crippen LogP contribution in [0.25, 0.3) is 176 Å². The molecule has 0 radical (unpaired) electrons. The Hall–Kier alpha value is -10.0. The van der Waals surface area contributed by atoms with Gasteiger partial charge in [-0.15, -0.1) is 0 Å². The van der Waals surface area contributed by atoms with Gasteiger partial charge in [0.15, 0.2) is 0 Å². The largest absolute Gasteiger partial charge is 0.207 e. The second kappa shape index (κ2) is 16.2. The van der Waals surface area contributed by atoms with Crippen LogP contribution in [-0.4, -0.2) is 0 Å². The number of fused-ring (bicyclic) bond motifs is 10. The molecule has 2 aliphatic carbocycles. The average Bonchev–Trinajstić information content (AvgIpc) is 3.43. The van der Waals surface area contributed by atoms with Gasteiger partial charge in [-0.2, -0.15) is 0 Å². The van der Waals surface area contributed by atoms with E-state index >= 15 is 4.39 Å². The van der Waals surface area contributed by atoms with Crippen molar-refractivity contribution in [1.29, 1.82) is 0 Å². The summed E-state index contributed by atoms with van der Waals surface area (Å²) in [5.74, 6) is -0.517. The number of halogens is 2. The first-order valence-corrected chi connectivity index (χ1v) is 26.8. The van der Waals surface area contributed by atoms with Crippen LogP contribution in [0.5, 0.6) is 0 Å². The lowest BCUT2D eigenvalue weighted by Gasteiger charge is -2.22. The van der Waals surface area contributed by atoms with Crippen molar-refractivity contribution in [2.24, 2.45) is 0 Å². The van der Waals surface area contributed by atoms with Gasteiger partial charge in [0, 0.05) is 0 Å². The number of hydrogen-bond acceptors (Lipinski definition) is 0. The highest BCUT2D eigenvalue weighted by Gasteiger charge is 2.37. The molecule has 2 aliphatic rings. The maximum atomic E-state index is 15.1. The van der Waals surface area contributed by atoms with Gasteiger partial charge in [0.05, 0.1) is 0 Å². The average molecular weight is 993 g/mol. The fraction of sp³-hybridized carbons (Fsp3) is 0. The summed E-state index contributed by atoms with van der Waals surface area (Å²) in [6.45, 7) is 0. The summed E-state index contributed by atoms with van der Waals surface area (Å²) in [5.41, 5.74) is 22.9. The van der Waals surface area contributed by atoms with Gasteiger partial charge in [-0.1, -0.05) is 218 Å². The summed E-state index contributed by atoms with van der Waals surface area (Å²) in [4.78, 5) is 0. The quantitative estimate of drug-likeness (QED) is 0.115. The number of rotatable bonds is 6. The number of hydrogen-bond donors (Lipinski definition) is 0. The molecule has 0 aliphatic heterocycles. The minimum Gasteiger partial charge on any atom is -0.207 e. The van der Waals surface area contributed by atoms with Crippen molar-refractivity contribution in [3.63, 3.8) is 0 Å². The Balaban J connectivity index is 1.10. The van der Waals surface area contributed by atoms with Crippen molar-refractivity contribution in [2.75, 3.05) is 0 Å². The summed E-state index contributed by atoms with van der Waals surface area (Å²) in [5, 5.41) is 14.3. The van der Waals surface area contributed by atoms with E-state index in [-0.39, 0.29) is 11.6 Å². The van der Waals surface area contributed by atoms with Crippen LogP contribution in [0.2, 0.25) is 0 Å². The van der Waals surface area contributed by atoms with Gasteiger partial charge in [0.1, 0.15) is 11.6 Å². The number of benzene rings is 15. The van der Waals surface area contributed by atoms with Gasteiger partial charge in [-0.3, -0.25) is 0 Å². The van der Waals surface area contributed by atoms with E-state index < -0.39 is 0 Å². The van der Waals surface area contributed by atoms with Crippen molar-refractivity contribution in [2.45, 2.75) is 0 Å². The summed E-state index contributed by atoms with van der Waals surface area (Å²) in [6, 6.07) is 89.9. The molecule has 0 fully saturated rings. The SMILES string of the molecule is Fc1ccc(-c2c3c(c(-c4ccccc4)c4ccccc24)-c2ccc4c5c(-c6ccccc6)cc6c7c(cc(-c8ccccc8)c(c8ccc-3c2c48)c75)-c2c-6c(-c3ccccc3)c3ccccc3c2-c2ccc(F)cc2)cc1. The first kappa shape index (κ1) is 43.2. The normalized spacial score (nSPS) is 12.2. The van der Waals surface area contributed by atoms with E-state index in [1.54, 1.807) is 24.3 Å². The lowest BCUT2D eigenvalue weighted by molar-refractivity contribution is 0.627. The monoisotopic (exact) mass is 992 g/mol. The van der Waals surface area contributed by atoms with Crippen LogP contribution >= 0.6 is 0 Å². The molecule has 0 amide bonds. The van der Waals surface area contributed by atoms with Crippen molar-refractivity contribution < 1.29 is 8.78 Å². The molecule has 78 heavy (non-hydrogen) atoms. The molecule has 0 heterocycles. The van der Waals surface area contributed by atoms with Crippen LogP contribution in [0.3, 0.4) is 0 Å². The highest BCUT2D eigenvalue weighted by molar-refractivity contribution is 6.45. The van der Waals surface area contributed by atoms with Crippen molar-refractivity contribution in [1.82, 2.24) is 0 Å². The fourth-order valence-electron chi connectivity index (χ4n) is 14.2. The molecule has 0 spiro atoms. The lowest BCUT2D eigenvalue weighted by Crippen LogP contribution is -1.94. The molecular formula is C76H42F2. The van der Waals surface area contributed by atoms with E-state index in [0.29, 0.717) is 0 Å². The zero-order valence-electron chi connectivity index (χ0n) is 42.0. The van der Waals surface area contributed by atoms with Gasteiger partial charge in [-0.05, 0) is 212 Å². The molecule has 0 nitrogen and oxygen atoms in total. The molecule has 0 saturated heterocycles. The van der Waals surface area contributed by atoms with Crippen molar-refractivity contribution in [3.8, 4) is 111 Å². The third-order valence-electron chi connectivity index (χ3n) is 17.2. The molecular weight excluding hydrogens is 951 g/mol. The predicted octanol–water partition coefficient (Wildman–Crippen LogP) is 21.6. The first-order valence-electron chi connectivity index (χ1n) is 26.8. The maximum absolute atomic E-state index is 15.1. The third-order valence-corrected chi connectivity index (χ3v) is 17.2. The maximum Gasteiger partial charge on any atom is 0.123 e. The molecule has 0 saturated carbocycles. The van der Waals surface area contributed by atoms with E-state index in [4.69, 9.17) is 0 Å². The Morgan fingerprint density at radius 3 is 0.821 bits per heavy atom. The zero-order valence-corrected chi connectivity index (χ0v) is 42.0. The predicted molar refractivity (Wildman–Crippen MR) is 324 cm³/mol. The van der Waals surface area contributed by atoms with Gasteiger partial charge in [0.25, 0.3) is 0 Å². The van der Waals surface area contributed by atoms with E-state index in [9.17, 15) is 4.39 Å². The summed E-state index contributed by atoms with van der Waals surface area (Å²) in [7, 11) is 0. The van der Waals surface area contributed by atoms with Gasteiger partial charge >= 0.3 is 0 Å². The Kier molecular flexibility index (Phi) is 9.01. The summed E-state index contributed by atoms with van der Waals surface area (Å²) < 4.78 is 30.0. The topological polar surface area (TPSA) is 0 Å². The molecule has 0 bridgehead atoms. The van der Waals surface area contributed by atoms with Crippen LogP contribution < -0.4 is 0 Å².